The summed E-state index contributed by atoms with van der Waals surface area (Å²) in [6.07, 6.45) is 0. The van der Waals surface area contributed by atoms with Gasteiger partial charge in [-0.2, -0.15) is 0 Å². The second-order valence-electron chi connectivity index (χ2n) is 7.12. The number of hydrogen-bond donors (Lipinski definition) is 1. The number of nitrogens with zero attached hydrogens (tertiary/aromatic N) is 1. The molecule has 2 saturated heterocycles. The first-order chi connectivity index (χ1) is 12.5. The molecule has 136 valence electrons. The first-order valence-corrected chi connectivity index (χ1v) is 10.6. The van der Waals surface area contributed by atoms with Gasteiger partial charge < -0.3 is 10.2 Å². The Labute approximate surface area is 153 Å². The molecule has 2 aliphatic heterocycles. The van der Waals surface area contributed by atoms with Gasteiger partial charge in [-0.15, -0.1) is 0 Å². The molecule has 4 rings (SSSR count). The second kappa shape index (κ2) is 6.85. The molecule has 2 fully saturated rings. The van der Waals surface area contributed by atoms with Crippen LogP contribution in [0.4, 0.5) is 0 Å². The van der Waals surface area contributed by atoms with Crippen LogP contribution < -0.4 is 5.32 Å². The summed E-state index contributed by atoms with van der Waals surface area (Å²) >= 11 is 0. The third-order valence-corrected chi connectivity index (χ3v) is 7.05. The minimum atomic E-state index is -3.49. The highest BCUT2D eigenvalue weighted by Gasteiger charge is 2.38. The van der Waals surface area contributed by atoms with E-state index in [4.69, 9.17) is 0 Å². The summed E-state index contributed by atoms with van der Waals surface area (Å²) in [5.41, 5.74) is 1.07. The molecule has 0 saturated carbocycles. The number of carbonyl (C=O) groups is 1. The third-order valence-electron chi connectivity index (χ3n) is 5.37. The van der Waals surface area contributed by atoms with Gasteiger partial charge in [0.05, 0.1) is 10.6 Å². The standard InChI is InChI=1S/C20H22N2O3S/c23-20(22-12-16-10-21-11-17(16)13-22)19-9-5-4-6-15(19)14-26(24,25)18-7-2-1-3-8-18/h1-9,16-17,21H,10-14H2/t16-,17+. The predicted molar refractivity (Wildman–Crippen MR) is 99.5 cm³/mol. The van der Waals surface area contributed by atoms with E-state index in [1.165, 1.54) is 0 Å². The highest BCUT2D eigenvalue weighted by molar-refractivity contribution is 7.90. The van der Waals surface area contributed by atoms with Gasteiger partial charge in [0, 0.05) is 31.7 Å². The highest BCUT2D eigenvalue weighted by atomic mass is 32.2. The van der Waals surface area contributed by atoms with Crippen molar-refractivity contribution in [2.75, 3.05) is 26.2 Å². The molecule has 0 spiro atoms. The van der Waals surface area contributed by atoms with E-state index in [-0.39, 0.29) is 16.6 Å². The van der Waals surface area contributed by atoms with Gasteiger partial charge in [0.2, 0.25) is 0 Å². The van der Waals surface area contributed by atoms with Crippen molar-refractivity contribution in [2.24, 2.45) is 11.8 Å². The molecule has 2 aromatic rings. The summed E-state index contributed by atoms with van der Waals surface area (Å²) in [6.45, 7) is 3.41. The minimum Gasteiger partial charge on any atom is -0.338 e. The average Bonchev–Trinajstić information content (AvgIpc) is 3.24. The smallest absolute Gasteiger partial charge is 0.254 e. The van der Waals surface area contributed by atoms with E-state index in [2.05, 4.69) is 5.32 Å². The van der Waals surface area contributed by atoms with Crippen molar-refractivity contribution in [1.82, 2.24) is 10.2 Å². The fourth-order valence-corrected chi connectivity index (χ4v) is 5.36. The Morgan fingerprint density at radius 3 is 2.27 bits per heavy atom. The third kappa shape index (κ3) is 3.27. The molecule has 2 aromatic carbocycles. The molecule has 0 aliphatic carbocycles. The van der Waals surface area contributed by atoms with Crippen LogP contribution in [0.5, 0.6) is 0 Å². The maximum Gasteiger partial charge on any atom is 0.254 e. The first-order valence-electron chi connectivity index (χ1n) is 8.90. The van der Waals surface area contributed by atoms with Gasteiger partial charge in [0.1, 0.15) is 0 Å². The fraction of sp³-hybridized carbons (Fsp3) is 0.350. The van der Waals surface area contributed by atoms with Crippen molar-refractivity contribution >= 4 is 15.7 Å². The van der Waals surface area contributed by atoms with E-state index in [9.17, 15) is 13.2 Å². The first kappa shape index (κ1) is 17.2. The molecule has 0 bridgehead atoms. The van der Waals surface area contributed by atoms with Gasteiger partial charge in [-0.05, 0) is 35.6 Å². The average molecular weight is 370 g/mol. The van der Waals surface area contributed by atoms with Gasteiger partial charge in [0.25, 0.3) is 5.91 Å². The van der Waals surface area contributed by atoms with Crippen LogP contribution in [0.2, 0.25) is 0 Å². The predicted octanol–water partition coefficient (Wildman–Crippen LogP) is 1.95. The summed E-state index contributed by atoms with van der Waals surface area (Å²) in [4.78, 5) is 15.2. The van der Waals surface area contributed by atoms with E-state index in [1.54, 1.807) is 54.6 Å². The molecule has 1 N–H and O–H groups in total. The van der Waals surface area contributed by atoms with Crippen LogP contribution in [0.3, 0.4) is 0 Å². The van der Waals surface area contributed by atoms with Gasteiger partial charge in [-0.3, -0.25) is 4.79 Å². The van der Waals surface area contributed by atoms with Crippen molar-refractivity contribution in [3.05, 3.63) is 65.7 Å². The van der Waals surface area contributed by atoms with Crippen molar-refractivity contribution < 1.29 is 13.2 Å². The second-order valence-corrected chi connectivity index (χ2v) is 9.11. The summed E-state index contributed by atoms with van der Waals surface area (Å²) in [7, 11) is -3.49. The number of hydrogen-bond acceptors (Lipinski definition) is 4. The Morgan fingerprint density at radius 1 is 0.962 bits per heavy atom. The summed E-state index contributed by atoms with van der Waals surface area (Å²) in [5.74, 6) is 0.804. The minimum absolute atomic E-state index is 0.0572. The number of rotatable bonds is 4. The number of likely N-dealkylation sites (tertiary alicyclic amines) is 1. The van der Waals surface area contributed by atoms with Gasteiger partial charge in [-0.1, -0.05) is 36.4 Å². The normalized spacial score (nSPS) is 22.4. The Hall–Kier alpha value is -2.18. The zero-order chi connectivity index (χ0) is 18.1. The Morgan fingerprint density at radius 2 is 1.58 bits per heavy atom. The number of carbonyl (C=O) groups excluding carboxylic acids is 1. The number of nitrogens with one attached hydrogen (secondary N) is 1. The van der Waals surface area contributed by atoms with E-state index >= 15 is 0 Å². The van der Waals surface area contributed by atoms with Crippen molar-refractivity contribution in [1.29, 1.82) is 0 Å². The summed E-state index contributed by atoms with van der Waals surface area (Å²) < 4.78 is 25.4. The van der Waals surface area contributed by atoms with Crippen LogP contribution in [0, 0.1) is 11.8 Å². The molecule has 1 amide bonds. The van der Waals surface area contributed by atoms with Crippen LogP contribution in [0.25, 0.3) is 0 Å². The zero-order valence-corrected chi connectivity index (χ0v) is 15.3. The van der Waals surface area contributed by atoms with E-state index in [1.807, 2.05) is 4.90 Å². The molecule has 2 heterocycles. The molecule has 0 radical (unpaired) electrons. The van der Waals surface area contributed by atoms with Crippen LogP contribution in [-0.4, -0.2) is 45.4 Å². The molecular formula is C20H22N2O3S. The molecular weight excluding hydrogens is 348 g/mol. The lowest BCUT2D eigenvalue weighted by molar-refractivity contribution is 0.0781. The Kier molecular flexibility index (Phi) is 4.54. The highest BCUT2D eigenvalue weighted by Crippen LogP contribution is 2.28. The quantitative estimate of drug-likeness (QED) is 0.893. The van der Waals surface area contributed by atoms with Crippen molar-refractivity contribution in [2.45, 2.75) is 10.6 Å². The van der Waals surface area contributed by atoms with Crippen LogP contribution in [-0.2, 0) is 15.6 Å². The molecule has 6 heteroatoms. The van der Waals surface area contributed by atoms with E-state index in [0.29, 0.717) is 23.0 Å². The topological polar surface area (TPSA) is 66.5 Å². The fourth-order valence-electron chi connectivity index (χ4n) is 3.96. The molecule has 0 unspecified atom stereocenters. The number of benzene rings is 2. The maximum absolute atomic E-state index is 13.0. The Bertz CT molecular complexity index is 900. The Balaban J connectivity index is 1.58. The van der Waals surface area contributed by atoms with E-state index in [0.717, 1.165) is 26.2 Å². The number of amides is 1. The van der Waals surface area contributed by atoms with Crippen LogP contribution in [0.1, 0.15) is 15.9 Å². The largest absolute Gasteiger partial charge is 0.338 e. The lowest BCUT2D eigenvalue weighted by atomic mass is 10.0. The lowest BCUT2D eigenvalue weighted by Crippen LogP contribution is -2.32. The molecule has 5 nitrogen and oxygen atoms in total. The van der Waals surface area contributed by atoms with Crippen LogP contribution in [0.15, 0.2) is 59.5 Å². The number of sulfone groups is 1. The monoisotopic (exact) mass is 370 g/mol. The summed E-state index contributed by atoms with van der Waals surface area (Å²) in [5, 5.41) is 3.37. The van der Waals surface area contributed by atoms with E-state index < -0.39 is 9.84 Å². The van der Waals surface area contributed by atoms with Gasteiger partial charge in [-0.25, -0.2) is 8.42 Å². The molecule has 26 heavy (non-hydrogen) atoms. The number of fused-ring (bicyclic) bond motifs is 1. The molecule has 0 aromatic heterocycles. The SMILES string of the molecule is O=C(c1ccccc1CS(=O)(=O)c1ccccc1)N1C[C@H]2CNC[C@H]2C1. The van der Waals surface area contributed by atoms with Crippen LogP contribution >= 0.6 is 0 Å². The molecule has 2 aliphatic rings. The maximum atomic E-state index is 13.0. The van der Waals surface area contributed by atoms with Crippen molar-refractivity contribution in [3.8, 4) is 0 Å². The van der Waals surface area contributed by atoms with Gasteiger partial charge in [0.15, 0.2) is 9.84 Å². The zero-order valence-electron chi connectivity index (χ0n) is 14.5. The van der Waals surface area contributed by atoms with Gasteiger partial charge >= 0.3 is 0 Å². The van der Waals surface area contributed by atoms with Crippen molar-refractivity contribution in [3.63, 3.8) is 0 Å². The lowest BCUT2D eigenvalue weighted by Gasteiger charge is -2.19. The molecule has 2 atom stereocenters. The summed E-state index contributed by atoms with van der Waals surface area (Å²) in [6, 6.07) is 15.5.